The fraction of sp³-hybridized carbons (Fsp3) is 0.867. The Hall–Kier alpha value is -1.11. The molecule has 0 radical (unpaired) electrons. The van der Waals surface area contributed by atoms with E-state index >= 15 is 0 Å². The second kappa shape index (κ2) is 6.56. The molecule has 3 unspecified atom stereocenters. The first-order valence-corrected chi connectivity index (χ1v) is 9.78. The lowest BCUT2D eigenvalue weighted by molar-refractivity contribution is -0.135. The predicted octanol–water partition coefficient (Wildman–Crippen LogP) is 0.430. The maximum Gasteiger partial charge on any atom is 0.226 e. The highest BCUT2D eigenvalue weighted by atomic mass is 32.2. The van der Waals surface area contributed by atoms with Gasteiger partial charge >= 0.3 is 0 Å². The highest BCUT2D eigenvalue weighted by Gasteiger charge is 2.50. The van der Waals surface area contributed by atoms with Crippen molar-refractivity contribution in [3.8, 4) is 0 Å². The average Bonchev–Trinajstić information content (AvgIpc) is 3.14. The van der Waals surface area contributed by atoms with Gasteiger partial charge in [-0.05, 0) is 25.2 Å². The van der Waals surface area contributed by atoms with Crippen LogP contribution >= 0.6 is 0 Å². The predicted molar refractivity (Wildman–Crippen MR) is 83.9 cm³/mol. The molecule has 7 heteroatoms. The molecule has 0 aromatic heterocycles. The fourth-order valence-corrected chi connectivity index (χ4v) is 4.67. The van der Waals surface area contributed by atoms with Crippen molar-refractivity contribution in [2.45, 2.75) is 39.2 Å². The minimum Gasteiger partial charge on any atom is -0.356 e. The molecule has 6 nitrogen and oxygen atoms in total. The molecule has 1 saturated carbocycles. The van der Waals surface area contributed by atoms with E-state index in [1.54, 1.807) is 7.05 Å². The Morgan fingerprint density at radius 1 is 1.27 bits per heavy atom. The van der Waals surface area contributed by atoms with E-state index in [4.69, 9.17) is 0 Å². The van der Waals surface area contributed by atoms with Crippen molar-refractivity contribution in [1.82, 2.24) is 10.2 Å². The lowest BCUT2D eigenvalue weighted by atomic mass is 10.1. The summed E-state index contributed by atoms with van der Waals surface area (Å²) in [6, 6.07) is -0.234. The molecule has 1 aliphatic heterocycles. The molecule has 126 valence electrons. The maximum absolute atomic E-state index is 12.4. The molecule has 2 aliphatic rings. The molecule has 2 fully saturated rings. The topological polar surface area (TPSA) is 83.6 Å². The molecule has 1 aliphatic carbocycles. The van der Waals surface area contributed by atoms with Gasteiger partial charge in [-0.2, -0.15) is 0 Å². The fourth-order valence-electron chi connectivity index (χ4n) is 2.90. The summed E-state index contributed by atoms with van der Waals surface area (Å²) in [4.78, 5) is 25.9. The van der Waals surface area contributed by atoms with Gasteiger partial charge in [-0.1, -0.05) is 13.8 Å². The lowest BCUT2D eigenvalue weighted by Gasteiger charge is -2.23. The Labute approximate surface area is 132 Å². The zero-order chi connectivity index (χ0) is 16.5. The molecule has 0 bridgehead atoms. The number of sulfone groups is 1. The van der Waals surface area contributed by atoms with E-state index in [0.717, 1.165) is 6.42 Å². The molecular weight excluding hydrogens is 304 g/mol. The molecule has 2 rings (SSSR count). The normalized spacial score (nSPS) is 29.4. The first kappa shape index (κ1) is 17.2. The summed E-state index contributed by atoms with van der Waals surface area (Å²) in [6.07, 6.45) is 2.01. The third kappa shape index (κ3) is 4.21. The third-order valence-corrected chi connectivity index (χ3v) is 6.32. The van der Waals surface area contributed by atoms with Crippen molar-refractivity contribution in [1.29, 1.82) is 0 Å². The van der Waals surface area contributed by atoms with E-state index in [9.17, 15) is 18.0 Å². The van der Waals surface area contributed by atoms with Gasteiger partial charge in [0.1, 0.15) is 0 Å². The van der Waals surface area contributed by atoms with E-state index in [1.165, 1.54) is 4.90 Å². The second-order valence-corrected chi connectivity index (χ2v) is 9.16. The number of carbonyl (C=O) groups is 2. The van der Waals surface area contributed by atoms with Crippen LogP contribution in [-0.4, -0.2) is 56.3 Å². The van der Waals surface area contributed by atoms with E-state index in [-0.39, 0.29) is 41.2 Å². The van der Waals surface area contributed by atoms with Crippen LogP contribution in [0, 0.1) is 17.8 Å². The van der Waals surface area contributed by atoms with E-state index in [0.29, 0.717) is 25.3 Å². The smallest absolute Gasteiger partial charge is 0.226 e. The number of carbonyl (C=O) groups excluding carboxylic acids is 2. The van der Waals surface area contributed by atoms with Crippen LogP contribution in [0.4, 0.5) is 0 Å². The van der Waals surface area contributed by atoms with E-state index in [2.05, 4.69) is 19.2 Å². The summed E-state index contributed by atoms with van der Waals surface area (Å²) >= 11 is 0. The van der Waals surface area contributed by atoms with Crippen molar-refractivity contribution in [2.24, 2.45) is 17.8 Å². The summed E-state index contributed by atoms with van der Waals surface area (Å²) in [5.74, 6) is 0.0872. The number of hydrogen-bond acceptors (Lipinski definition) is 4. The zero-order valence-electron chi connectivity index (χ0n) is 13.5. The summed E-state index contributed by atoms with van der Waals surface area (Å²) in [5, 5.41) is 2.88. The Morgan fingerprint density at radius 3 is 2.50 bits per heavy atom. The standard InChI is InChI=1S/C15H26N2O4S/c1-10(2)4-6-16-14(18)12-8-13(12)15(19)17(3)11-5-7-22(20,21)9-11/h10-13H,4-9H2,1-3H3,(H,16,18). The molecule has 0 aromatic rings. The molecule has 1 heterocycles. The van der Waals surface area contributed by atoms with Gasteiger partial charge in [-0.25, -0.2) is 8.42 Å². The van der Waals surface area contributed by atoms with Crippen LogP contribution in [0.25, 0.3) is 0 Å². The van der Waals surface area contributed by atoms with Crippen LogP contribution < -0.4 is 5.32 Å². The van der Waals surface area contributed by atoms with Crippen LogP contribution in [0.2, 0.25) is 0 Å². The van der Waals surface area contributed by atoms with Gasteiger partial charge in [0.2, 0.25) is 11.8 Å². The Balaban J connectivity index is 1.79. The van der Waals surface area contributed by atoms with E-state index in [1.807, 2.05) is 0 Å². The molecule has 1 N–H and O–H groups in total. The molecule has 1 saturated heterocycles. The van der Waals surface area contributed by atoms with E-state index < -0.39 is 9.84 Å². The highest BCUT2D eigenvalue weighted by Crippen LogP contribution is 2.40. The van der Waals surface area contributed by atoms with Crippen molar-refractivity contribution in [3.63, 3.8) is 0 Å². The summed E-state index contributed by atoms with van der Waals surface area (Å²) in [5.41, 5.74) is 0. The Bertz CT molecular complexity index is 544. The molecule has 22 heavy (non-hydrogen) atoms. The number of hydrogen-bond donors (Lipinski definition) is 1. The second-order valence-electron chi connectivity index (χ2n) is 6.93. The first-order chi connectivity index (χ1) is 10.2. The van der Waals surface area contributed by atoms with Crippen LogP contribution in [0.3, 0.4) is 0 Å². The van der Waals surface area contributed by atoms with Gasteiger partial charge in [0.15, 0.2) is 9.84 Å². The van der Waals surface area contributed by atoms with Gasteiger partial charge in [-0.15, -0.1) is 0 Å². The van der Waals surface area contributed by atoms with Crippen LogP contribution in [-0.2, 0) is 19.4 Å². The van der Waals surface area contributed by atoms with Crippen molar-refractivity contribution >= 4 is 21.7 Å². The van der Waals surface area contributed by atoms with Crippen molar-refractivity contribution in [2.75, 3.05) is 25.1 Å². The summed E-state index contributed by atoms with van der Waals surface area (Å²) in [7, 11) is -1.35. The average molecular weight is 330 g/mol. The minimum absolute atomic E-state index is 0.0488. The minimum atomic E-state index is -3.00. The van der Waals surface area contributed by atoms with Gasteiger partial charge < -0.3 is 10.2 Å². The number of nitrogens with zero attached hydrogens (tertiary/aromatic N) is 1. The Morgan fingerprint density at radius 2 is 1.95 bits per heavy atom. The number of nitrogens with one attached hydrogen (secondary N) is 1. The maximum atomic E-state index is 12.4. The summed E-state index contributed by atoms with van der Waals surface area (Å²) in [6.45, 7) is 4.84. The first-order valence-electron chi connectivity index (χ1n) is 7.96. The zero-order valence-corrected chi connectivity index (χ0v) is 14.4. The van der Waals surface area contributed by atoms with Gasteiger partial charge in [0.25, 0.3) is 0 Å². The van der Waals surface area contributed by atoms with Crippen molar-refractivity contribution in [3.05, 3.63) is 0 Å². The lowest BCUT2D eigenvalue weighted by Crippen LogP contribution is -2.39. The molecular formula is C15H26N2O4S. The highest BCUT2D eigenvalue weighted by molar-refractivity contribution is 7.91. The summed E-state index contributed by atoms with van der Waals surface area (Å²) < 4.78 is 23.0. The molecule has 0 spiro atoms. The largest absolute Gasteiger partial charge is 0.356 e. The van der Waals surface area contributed by atoms with Crippen LogP contribution in [0.1, 0.15) is 33.1 Å². The quantitative estimate of drug-likeness (QED) is 0.765. The van der Waals surface area contributed by atoms with Crippen molar-refractivity contribution < 1.29 is 18.0 Å². The van der Waals surface area contributed by atoms with Crippen LogP contribution in [0.15, 0.2) is 0 Å². The van der Waals surface area contributed by atoms with Gasteiger partial charge in [0.05, 0.1) is 23.3 Å². The number of amides is 2. The SMILES string of the molecule is CC(C)CCNC(=O)C1CC1C(=O)N(C)C1CCS(=O)(=O)C1. The monoisotopic (exact) mass is 330 g/mol. The third-order valence-electron chi connectivity index (χ3n) is 4.57. The number of rotatable bonds is 6. The van der Waals surface area contributed by atoms with Crippen LogP contribution in [0.5, 0.6) is 0 Å². The molecule has 2 amide bonds. The Kier molecular flexibility index (Phi) is 5.14. The van der Waals surface area contributed by atoms with Gasteiger partial charge in [-0.3, -0.25) is 9.59 Å². The molecule has 0 aromatic carbocycles. The molecule has 3 atom stereocenters. The van der Waals surface area contributed by atoms with Gasteiger partial charge in [0, 0.05) is 19.6 Å².